The minimum Gasteiger partial charge on any atom is -0.299 e. The van der Waals surface area contributed by atoms with Crippen molar-refractivity contribution in [3.05, 3.63) is 53.6 Å². The van der Waals surface area contributed by atoms with Gasteiger partial charge >= 0.3 is 0 Å². The lowest BCUT2D eigenvalue weighted by Gasteiger charge is -2.11. The number of benzene rings is 2. The number of ketones is 1. The molecule has 0 amide bonds. The van der Waals surface area contributed by atoms with E-state index in [2.05, 4.69) is 4.72 Å². The highest BCUT2D eigenvalue weighted by Crippen LogP contribution is 2.34. The van der Waals surface area contributed by atoms with Crippen molar-refractivity contribution in [2.75, 3.05) is 10.5 Å². The van der Waals surface area contributed by atoms with Gasteiger partial charge in [0.05, 0.1) is 5.69 Å². The predicted octanol–water partition coefficient (Wildman–Crippen LogP) is 3.82. The predicted molar refractivity (Wildman–Crippen MR) is 90.1 cm³/mol. The van der Waals surface area contributed by atoms with Crippen LogP contribution in [-0.4, -0.2) is 20.0 Å². The number of nitrogens with one attached hydrogen (secondary N) is 1. The zero-order chi connectivity index (χ0) is 16.2. The van der Waals surface area contributed by atoms with E-state index in [-0.39, 0.29) is 0 Å². The number of hydrogen-bond donors (Lipinski definition) is 1. The smallest absolute Gasteiger partial charge is 0.239 e. The van der Waals surface area contributed by atoms with Gasteiger partial charge in [-0.3, -0.25) is 9.52 Å². The van der Waals surface area contributed by atoms with Gasteiger partial charge in [-0.2, -0.15) is 0 Å². The van der Waals surface area contributed by atoms with E-state index in [0.29, 0.717) is 10.7 Å². The van der Waals surface area contributed by atoms with Crippen molar-refractivity contribution in [2.45, 2.75) is 16.7 Å². The van der Waals surface area contributed by atoms with Crippen LogP contribution in [-0.2, 0) is 14.8 Å². The van der Waals surface area contributed by atoms with Crippen molar-refractivity contribution in [2.24, 2.45) is 0 Å². The Hall–Kier alpha value is -1.50. The van der Waals surface area contributed by atoms with Crippen molar-refractivity contribution in [1.82, 2.24) is 0 Å². The summed E-state index contributed by atoms with van der Waals surface area (Å²) in [6, 6.07) is 14.3. The average molecular weight is 356 g/mol. The molecule has 0 saturated carbocycles. The van der Waals surface area contributed by atoms with Gasteiger partial charge in [0.1, 0.15) is 11.5 Å². The summed E-state index contributed by atoms with van der Waals surface area (Å²) in [7, 11) is -3.69. The van der Waals surface area contributed by atoms with Crippen molar-refractivity contribution in [3.63, 3.8) is 0 Å². The van der Waals surface area contributed by atoms with E-state index >= 15 is 0 Å². The molecule has 22 heavy (non-hydrogen) atoms. The topological polar surface area (TPSA) is 63.2 Å². The van der Waals surface area contributed by atoms with Gasteiger partial charge in [0.25, 0.3) is 0 Å². The Morgan fingerprint density at radius 2 is 1.77 bits per heavy atom. The van der Waals surface area contributed by atoms with Crippen LogP contribution in [0.2, 0.25) is 5.02 Å². The van der Waals surface area contributed by atoms with Crippen LogP contribution >= 0.6 is 23.4 Å². The molecule has 0 atom stereocenters. The van der Waals surface area contributed by atoms with Crippen LogP contribution in [0.15, 0.2) is 58.3 Å². The summed E-state index contributed by atoms with van der Waals surface area (Å²) in [5, 5.41) is 0.639. The molecule has 116 valence electrons. The first kappa shape index (κ1) is 16.9. The minimum absolute atomic E-state index is 0.407. The number of rotatable bonds is 6. The van der Waals surface area contributed by atoms with Gasteiger partial charge in [-0.15, -0.1) is 0 Å². The van der Waals surface area contributed by atoms with E-state index in [1.165, 1.54) is 18.7 Å². The molecule has 0 heterocycles. The van der Waals surface area contributed by atoms with Gasteiger partial charge < -0.3 is 0 Å². The summed E-state index contributed by atoms with van der Waals surface area (Å²) in [5.41, 5.74) is 0.448. The summed E-state index contributed by atoms with van der Waals surface area (Å²) in [6.45, 7) is 1.24. The highest BCUT2D eigenvalue weighted by atomic mass is 35.5. The molecule has 2 aromatic rings. The summed E-state index contributed by atoms with van der Waals surface area (Å²) in [4.78, 5) is 12.7. The quantitative estimate of drug-likeness (QED) is 0.855. The maximum absolute atomic E-state index is 11.9. The van der Waals surface area contributed by atoms with Crippen LogP contribution in [0.25, 0.3) is 0 Å². The van der Waals surface area contributed by atoms with E-state index < -0.39 is 21.6 Å². The van der Waals surface area contributed by atoms with E-state index in [1.54, 1.807) is 24.3 Å². The highest BCUT2D eigenvalue weighted by Gasteiger charge is 2.15. The van der Waals surface area contributed by atoms with E-state index in [9.17, 15) is 13.2 Å². The number of Topliss-reactive ketones (excluding diaryl/α,β-unsaturated/α-hetero) is 1. The van der Waals surface area contributed by atoms with Crippen LogP contribution < -0.4 is 4.72 Å². The Morgan fingerprint density at radius 1 is 1.14 bits per heavy atom. The molecule has 2 aromatic carbocycles. The van der Waals surface area contributed by atoms with E-state index in [1.807, 2.05) is 24.3 Å². The number of anilines is 1. The largest absolute Gasteiger partial charge is 0.299 e. The summed E-state index contributed by atoms with van der Waals surface area (Å²) >= 11 is 7.26. The van der Waals surface area contributed by atoms with Crippen LogP contribution in [0, 0.1) is 0 Å². The molecule has 0 fully saturated rings. The fourth-order valence-corrected chi connectivity index (χ4v) is 3.95. The molecule has 0 spiro atoms. The van der Waals surface area contributed by atoms with E-state index in [4.69, 9.17) is 11.6 Å². The van der Waals surface area contributed by atoms with Crippen LogP contribution in [0.1, 0.15) is 6.92 Å². The molecule has 1 N–H and O–H groups in total. The van der Waals surface area contributed by atoms with Crippen molar-refractivity contribution in [3.8, 4) is 0 Å². The number of para-hydroxylation sites is 1. The molecule has 0 aliphatic carbocycles. The standard InChI is InChI=1S/C15H14ClNO3S2/c1-11(18)10-22(19,20)17-14-4-2-3-5-15(14)21-13-8-6-12(16)7-9-13/h2-9,17H,10H2,1H3. The Balaban J connectivity index is 2.23. The minimum atomic E-state index is -3.69. The maximum atomic E-state index is 11.9. The molecule has 0 unspecified atom stereocenters. The molecular formula is C15H14ClNO3S2. The first-order valence-corrected chi connectivity index (χ1v) is 9.23. The lowest BCUT2D eigenvalue weighted by molar-refractivity contribution is -0.114. The Morgan fingerprint density at radius 3 is 2.41 bits per heavy atom. The molecule has 0 radical (unpaired) electrons. The Kier molecular flexibility index (Phi) is 5.50. The SMILES string of the molecule is CC(=O)CS(=O)(=O)Nc1ccccc1Sc1ccc(Cl)cc1. The fraction of sp³-hybridized carbons (Fsp3) is 0.133. The van der Waals surface area contributed by atoms with Gasteiger partial charge in [-0.25, -0.2) is 8.42 Å². The number of sulfonamides is 1. The molecule has 2 rings (SSSR count). The summed E-state index contributed by atoms with van der Waals surface area (Å²) < 4.78 is 26.3. The zero-order valence-corrected chi connectivity index (χ0v) is 14.1. The van der Waals surface area contributed by atoms with Crippen molar-refractivity contribution in [1.29, 1.82) is 0 Å². The van der Waals surface area contributed by atoms with Gasteiger partial charge in [0.15, 0.2) is 0 Å². The zero-order valence-electron chi connectivity index (χ0n) is 11.7. The molecule has 0 saturated heterocycles. The second-order valence-corrected chi connectivity index (χ2v) is 7.89. The van der Waals surface area contributed by atoms with Gasteiger partial charge in [-0.05, 0) is 43.3 Å². The van der Waals surface area contributed by atoms with Gasteiger partial charge in [-0.1, -0.05) is 35.5 Å². The number of halogens is 1. The van der Waals surface area contributed by atoms with Gasteiger partial charge in [0, 0.05) is 14.8 Å². The molecule has 0 aliphatic rings. The number of carbonyl (C=O) groups excluding carboxylic acids is 1. The summed E-state index contributed by atoms with van der Waals surface area (Å²) in [5.74, 6) is -0.942. The maximum Gasteiger partial charge on any atom is 0.239 e. The molecule has 0 bridgehead atoms. The molecule has 4 nitrogen and oxygen atoms in total. The molecule has 7 heteroatoms. The second-order valence-electron chi connectivity index (χ2n) is 4.62. The first-order valence-electron chi connectivity index (χ1n) is 6.38. The number of hydrogen-bond acceptors (Lipinski definition) is 4. The molecule has 0 aromatic heterocycles. The highest BCUT2D eigenvalue weighted by molar-refractivity contribution is 7.99. The van der Waals surface area contributed by atoms with Crippen molar-refractivity contribution < 1.29 is 13.2 Å². The third kappa shape index (κ3) is 5.05. The Labute approximate surface area is 138 Å². The Bertz CT molecular complexity index is 774. The van der Waals surface area contributed by atoms with Gasteiger partial charge in [0.2, 0.25) is 10.0 Å². The molecule has 0 aliphatic heterocycles. The van der Waals surface area contributed by atoms with Crippen LogP contribution in [0.4, 0.5) is 5.69 Å². The fourth-order valence-electron chi connectivity index (χ4n) is 1.74. The van der Waals surface area contributed by atoms with E-state index in [0.717, 1.165) is 9.79 Å². The third-order valence-corrected chi connectivity index (χ3v) is 5.24. The first-order chi connectivity index (χ1) is 10.4. The third-order valence-electron chi connectivity index (χ3n) is 2.59. The molecular weight excluding hydrogens is 342 g/mol. The second kappa shape index (κ2) is 7.17. The normalized spacial score (nSPS) is 11.2. The number of carbonyl (C=O) groups is 1. The lowest BCUT2D eigenvalue weighted by Crippen LogP contribution is -2.21. The monoisotopic (exact) mass is 355 g/mol. The van der Waals surface area contributed by atoms with Crippen LogP contribution in [0.3, 0.4) is 0 Å². The van der Waals surface area contributed by atoms with Crippen molar-refractivity contribution >= 4 is 44.9 Å². The average Bonchev–Trinajstić information content (AvgIpc) is 2.41. The lowest BCUT2D eigenvalue weighted by atomic mass is 10.3. The van der Waals surface area contributed by atoms with Crippen LogP contribution in [0.5, 0.6) is 0 Å². The summed E-state index contributed by atoms with van der Waals surface area (Å²) in [6.07, 6.45) is 0.